The van der Waals surface area contributed by atoms with Crippen LogP contribution in [0.5, 0.6) is 5.75 Å². The van der Waals surface area contributed by atoms with Crippen LogP contribution in [-0.2, 0) is 11.3 Å². The molecule has 1 aliphatic rings. The van der Waals surface area contributed by atoms with Crippen molar-refractivity contribution in [3.63, 3.8) is 0 Å². The molecule has 152 valence electrons. The Morgan fingerprint density at radius 2 is 2.14 bits per heavy atom. The summed E-state index contributed by atoms with van der Waals surface area (Å²) in [4.78, 5) is 20.4. The molecule has 1 aliphatic carbocycles. The summed E-state index contributed by atoms with van der Waals surface area (Å²) in [6.45, 7) is 0.610. The Labute approximate surface area is 163 Å². The molecule has 7 nitrogen and oxygen atoms in total. The molecule has 3 aromatic heterocycles. The van der Waals surface area contributed by atoms with Crippen LogP contribution in [-0.4, -0.2) is 38.4 Å². The van der Waals surface area contributed by atoms with E-state index >= 15 is 0 Å². The predicted molar refractivity (Wildman–Crippen MR) is 98.5 cm³/mol. The second-order valence-corrected chi connectivity index (χ2v) is 7.03. The molecule has 3 heterocycles. The van der Waals surface area contributed by atoms with Gasteiger partial charge in [0, 0.05) is 18.3 Å². The number of anilines is 1. The van der Waals surface area contributed by atoms with Crippen LogP contribution in [0.15, 0.2) is 30.7 Å². The summed E-state index contributed by atoms with van der Waals surface area (Å²) < 4.78 is 43.4. The Balaban J connectivity index is 1.50. The summed E-state index contributed by atoms with van der Waals surface area (Å²) in [6.07, 6.45) is 2.01. The van der Waals surface area contributed by atoms with Crippen LogP contribution in [0.25, 0.3) is 10.9 Å². The van der Waals surface area contributed by atoms with Crippen molar-refractivity contribution in [1.29, 1.82) is 0 Å². The third kappa shape index (κ3) is 4.64. The lowest BCUT2D eigenvalue weighted by molar-refractivity contribution is -0.153. The minimum Gasteiger partial charge on any atom is -0.482 e. The molecule has 0 radical (unpaired) electrons. The second kappa shape index (κ2) is 7.34. The second-order valence-electron chi connectivity index (χ2n) is 7.03. The SMILES string of the molecule is Cc1cc(Cn2cc3c(NC(=O)C4CC4)nccc3n2)ncc1OCC(F)(F)F. The van der Waals surface area contributed by atoms with Crippen LogP contribution in [0, 0.1) is 12.8 Å². The van der Waals surface area contributed by atoms with E-state index in [1.807, 2.05) is 0 Å². The molecule has 4 rings (SSSR count). The fraction of sp³-hybridized carbons (Fsp3) is 0.368. The zero-order chi connectivity index (χ0) is 20.6. The number of ether oxygens (including phenoxy) is 1. The predicted octanol–water partition coefficient (Wildman–Crippen LogP) is 3.47. The average molecular weight is 405 g/mol. The molecule has 0 atom stereocenters. The first kappa shape index (κ1) is 19.2. The molecule has 0 saturated heterocycles. The van der Waals surface area contributed by atoms with Crippen molar-refractivity contribution in [2.75, 3.05) is 11.9 Å². The van der Waals surface area contributed by atoms with Crippen molar-refractivity contribution in [2.45, 2.75) is 32.5 Å². The molecule has 0 aromatic carbocycles. The summed E-state index contributed by atoms with van der Waals surface area (Å²) in [5.74, 6) is 0.577. The maximum Gasteiger partial charge on any atom is 0.422 e. The molecule has 29 heavy (non-hydrogen) atoms. The zero-order valence-corrected chi connectivity index (χ0v) is 15.5. The first-order chi connectivity index (χ1) is 13.8. The van der Waals surface area contributed by atoms with E-state index in [1.165, 1.54) is 6.20 Å². The van der Waals surface area contributed by atoms with Crippen LogP contribution < -0.4 is 10.1 Å². The smallest absolute Gasteiger partial charge is 0.422 e. The van der Waals surface area contributed by atoms with Crippen LogP contribution in [0.3, 0.4) is 0 Å². The number of nitrogens with one attached hydrogen (secondary N) is 1. The minimum absolute atomic E-state index is 0.0375. The highest BCUT2D eigenvalue weighted by molar-refractivity contribution is 6.00. The van der Waals surface area contributed by atoms with E-state index in [0.717, 1.165) is 12.8 Å². The molecular formula is C19H18F3N5O2. The summed E-state index contributed by atoms with van der Waals surface area (Å²) in [5, 5.41) is 8.01. The molecule has 0 unspecified atom stereocenters. The number of amides is 1. The van der Waals surface area contributed by atoms with Gasteiger partial charge in [-0.25, -0.2) is 4.98 Å². The number of fused-ring (bicyclic) bond motifs is 1. The molecule has 0 bridgehead atoms. The lowest BCUT2D eigenvalue weighted by Gasteiger charge is -2.11. The van der Waals surface area contributed by atoms with Gasteiger partial charge in [0.05, 0.1) is 29.3 Å². The molecule has 0 aliphatic heterocycles. The van der Waals surface area contributed by atoms with Gasteiger partial charge in [-0.15, -0.1) is 0 Å². The van der Waals surface area contributed by atoms with Crippen LogP contribution in [0.1, 0.15) is 24.1 Å². The van der Waals surface area contributed by atoms with E-state index < -0.39 is 12.8 Å². The van der Waals surface area contributed by atoms with Gasteiger partial charge in [0.15, 0.2) is 6.61 Å². The van der Waals surface area contributed by atoms with Crippen LogP contribution in [0.2, 0.25) is 0 Å². The third-order valence-electron chi connectivity index (χ3n) is 4.51. The van der Waals surface area contributed by atoms with Gasteiger partial charge in [-0.3, -0.25) is 14.5 Å². The Hall–Kier alpha value is -3.17. The first-order valence-corrected chi connectivity index (χ1v) is 9.06. The number of rotatable bonds is 6. The van der Waals surface area contributed by atoms with Crippen molar-refractivity contribution >= 4 is 22.6 Å². The number of hydrogen-bond donors (Lipinski definition) is 1. The number of hydrogen-bond acceptors (Lipinski definition) is 5. The maximum absolute atomic E-state index is 12.3. The largest absolute Gasteiger partial charge is 0.482 e. The fourth-order valence-electron chi connectivity index (χ4n) is 2.90. The molecule has 10 heteroatoms. The maximum atomic E-state index is 12.3. The summed E-state index contributed by atoms with van der Waals surface area (Å²) in [7, 11) is 0. The lowest BCUT2D eigenvalue weighted by Crippen LogP contribution is -2.19. The van der Waals surface area contributed by atoms with E-state index in [4.69, 9.17) is 4.74 Å². The van der Waals surface area contributed by atoms with Gasteiger partial charge >= 0.3 is 6.18 Å². The Bertz CT molecular complexity index is 1060. The molecule has 1 fully saturated rings. The Morgan fingerprint density at radius 1 is 1.34 bits per heavy atom. The van der Waals surface area contributed by atoms with E-state index in [9.17, 15) is 18.0 Å². The van der Waals surface area contributed by atoms with E-state index in [0.29, 0.717) is 34.5 Å². The number of carbonyl (C=O) groups excluding carboxylic acids is 1. The number of aryl methyl sites for hydroxylation is 1. The Morgan fingerprint density at radius 3 is 2.83 bits per heavy atom. The van der Waals surface area contributed by atoms with Gasteiger partial charge in [-0.1, -0.05) is 0 Å². The normalized spacial score (nSPS) is 14.2. The molecule has 0 spiro atoms. The van der Waals surface area contributed by atoms with Crippen molar-refractivity contribution in [3.8, 4) is 5.75 Å². The van der Waals surface area contributed by atoms with Crippen molar-refractivity contribution in [3.05, 3.63) is 42.0 Å². The molecule has 1 amide bonds. The first-order valence-electron chi connectivity index (χ1n) is 9.06. The number of halogens is 3. The highest BCUT2D eigenvalue weighted by atomic mass is 19.4. The van der Waals surface area contributed by atoms with Gasteiger partial charge in [0.25, 0.3) is 0 Å². The summed E-state index contributed by atoms with van der Waals surface area (Å²) in [5.41, 5.74) is 1.84. The van der Waals surface area contributed by atoms with Gasteiger partial charge in [-0.2, -0.15) is 18.3 Å². The quantitative estimate of drug-likeness (QED) is 0.679. The standard InChI is InChI=1S/C19H18F3N5O2/c1-11-6-13(24-7-16(11)29-10-19(20,21)22)8-27-9-14-15(26-27)4-5-23-17(14)25-18(28)12-2-3-12/h4-7,9,12H,2-3,8,10H2,1H3,(H,23,25,28). The number of carbonyl (C=O) groups is 1. The monoisotopic (exact) mass is 405 g/mol. The zero-order valence-electron chi connectivity index (χ0n) is 15.5. The van der Waals surface area contributed by atoms with Gasteiger partial charge in [-0.05, 0) is 37.5 Å². The summed E-state index contributed by atoms with van der Waals surface area (Å²) >= 11 is 0. The van der Waals surface area contributed by atoms with Gasteiger partial charge in [0.2, 0.25) is 5.91 Å². The lowest BCUT2D eigenvalue weighted by atomic mass is 10.2. The highest BCUT2D eigenvalue weighted by Gasteiger charge is 2.30. The van der Waals surface area contributed by atoms with Gasteiger partial charge in [0.1, 0.15) is 11.6 Å². The number of nitrogens with zero attached hydrogens (tertiary/aromatic N) is 4. The van der Waals surface area contributed by atoms with Crippen molar-refractivity contribution in [2.24, 2.45) is 5.92 Å². The van der Waals surface area contributed by atoms with E-state index in [-0.39, 0.29) is 17.6 Å². The third-order valence-corrected chi connectivity index (χ3v) is 4.51. The molecule has 3 aromatic rings. The number of aromatic nitrogens is 4. The minimum atomic E-state index is -4.40. The van der Waals surface area contributed by atoms with Crippen molar-refractivity contribution in [1.82, 2.24) is 19.7 Å². The number of alkyl halides is 3. The van der Waals surface area contributed by atoms with E-state index in [1.54, 1.807) is 36.1 Å². The molecular weight excluding hydrogens is 387 g/mol. The fourth-order valence-corrected chi connectivity index (χ4v) is 2.90. The van der Waals surface area contributed by atoms with Crippen LogP contribution >= 0.6 is 0 Å². The number of pyridine rings is 2. The topological polar surface area (TPSA) is 81.9 Å². The Kier molecular flexibility index (Phi) is 4.85. The molecule has 1 N–H and O–H groups in total. The summed E-state index contributed by atoms with van der Waals surface area (Å²) in [6, 6.07) is 3.40. The van der Waals surface area contributed by atoms with E-state index in [2.05, 4.69) is 20.4 Å². The average Bonchev–Trinajstić information content (AvgIpc) is 3.41. The van der Waals surface area contributed by atoms with Gasteiger partial charge < -0.3 is 10.1 Å². The molecule has 1 saturated carbocycles. The highest BCUT2D eigenvalue weighted by Crippen LogP contribution is 2.31. The van der Waals surface area contributed by atoms with Crippen LogP contribution in [0.4, 0.5) is 19.0 Å². The van der Waals surface area contributed by atoms with Crippen molar-refractivity contribution < 1.29 is 22.7 Å².